The second-order valence-corrected chi connectivity index (χ2v) is 5.52. The molecular weight excluding hydrogens is 350 g/mol. The summed E-state index contributed by atoms with van der Waals surface area (Å²) in [5, 5.41) is 12.4. The molecule has 0 aliphatic heterocycles. The Balaban J connectivity index is 1.93. The highest BCUT2D eigenvalue weighted by atomic mass is 79.9. The number of benzene rings is 2. The quantitative estimate of drug-likeness (QED) is 0.817. The van der Waals surface area contributed by atoms with Crippen LogP contribution in [0.3, 0.4) is 0 Å². The maximum atomic E-state index is 11.9. The zero-order valence-corrected chi connectivity index (χ0v) is 13.4. The van der Waals surface area contributed by atoms with Gasteiger partial charge in [0.05, 0.1) is 0 Å². The predicted octanol–water partition coefficient (Wildman–Crippen LogP) is 3.26. The Bertz CT molecular complexity index is 715. The molecule has 2 rings (SSSR count). The molecule has 0 unspecified atom stereocenters. The Kier molecular flexibility index (Phi) is 5.16. The van der Waals surface area contributed by atoms with Gasteiger partial charge in [0, 0.05) is 10.2 Å². The number of hydrogen-bond donors (Lipinski definition) is 2. The molecule has 0 radical (unpaired) electrons. The molecule has 1 amide bonds. The first-order valence-electron chi connectivity index (χ1n) is 6.48. The van der Waals surface area contributed by atoms with Gasteiger partial charge in [0.1, 0.15) is 11.3 Å². The number of hydrogen-bond acceptors (Lipinski definition) is 4. The summed E-state index contributed by atoms with van der Waals surface area (Å²) in [7, 11) is 0. The number of halogens is 1. The number of carbonyl (C=O) groups is 2. The fraction of sp³-hybridized carbons (Fsp3) is 0.125. The number of carbonyl (C=O) groups excluding carboxylic acids is 2. The molecular formula is C16H14BrNO4. The van der Waals surface area contributed by atoms with Crippen LogP contribution < -0.4 is 5.32 Å². The Morgan fingerprint density at radius 1 is 1.23 bits per heavy atom. The third-order valence-electron chi connectivity index (χ3n) is 2.90. The maximum Gasteiger partial charge on any atom is 0.342 e. The Labute approximate surface area is 136 Å². The van der Waals surface area contributed by atoms with Crippen molar-refractivity contribution >= 4 is 33.5 Å². The summed E-state index contributed by atoms with van der Waals surface area (Å²) in [6, 6.07) is 11.8. The molecule has 0 heterocycles. The molecule has 114 valence electrons. The van der Waals surface area contributed by atoms with Gasteiger partial charge in [-0.25, -0.2) is 4.79 Å². The highest BCUT2D eigenvalue weighted by molar-refractivity contribution is 9.10. The lowest BCUT2D eigenvalue weighted by atomic mass is 10.1. The summed E-state index contributed by atoms with van der Waals surface area (Å²) in [5.74, 6) is -1.34. The number of nitrogens with one attached hydrogen (secondary N) is 1. The van der Waals surface area contributed by atoms with Crippen LogP contribution in [0.2, 0.25) is 0 Å². The van der Waals surface area contributed by atoms with E-state index in [1.54, 1.807) is 37.3 Å². The summed E-state index contributed by atoms with van der Waals surface area (Å²) in [6.07, 6.45) is 0. The van der Waals surface area contributed by atoms with Crippen LogP contribution >= 0.6 is 15.9 Å². The van der Waals surface area contributed by atoms with Crippen molar-refractivity contribution in [2.75, 3.05) is 11.9 Å². The number of anilines is 1. The van der Waals surface area contributed by atoms with E-state index in [2.05, 4.69) is 21.2 Å². The number of aromatic hydroxyl groups is 1. The number of aryl methyl sites for hydroxylation is 1. The first-order valence-corrected chi connectivity index (χ1v) is 7.28. The van der Waals surface area contributed by atoms with Gasteiger partial charge in [0.25, 0.3) is 5.91 Å². The van der Waals surface area contributed by atoms with Crippen molar-refractivity contribution in [3.8, 4) is 5.75 Å². The predicted molar refractivity (Wildman–Crippen MR) is 85.9 cm³/mol. The summed E-state index contributed by atoms with van der Waals surface area (Å²) in [4.78, 5) is 23.6. The molecule has 0 aromatic heterocycles. The number of para-hydroxylation sites is 1. The number of esters is 1. The van der Waals surface area contributed by atoms with Crippen molar-refractivity contribution in [2.45, 2.75) is 6.92 Å². The van der Waals surface area contributed by atoms with E-state index in [1.165, 1.54) is 6.07 Å². The topological polar surface area (TPSA) is 75.6 Å². The van der Waals surface area contributed by atoms with Gasteiger partial charge >= 0.3 is 5.97 Å². The third kappa shape index (κ3) is 4.08. The van der Waals surface area contributed by atoms with Gasteiger partial charge in [-0.2, -0.15) is 0 Å². The van der Waals surface area contributed by atoms with Gasteiger partial charge in [-0.1, -0.05) is 34.1 Å². The van der Waals surface area contributed by atoms with E-state index in [0.29, 0.717) is 11.3 Å². The molecule has 2 aromatic rings. The smallest absolute Gasteiger partial charge is 0.342 e. The first kappa shape index (κ1) is 16.0. The summed E-state index contributed by atoms with van der Waals surface area (Å²) < 4.78 is 5.73. The van der Waals surface area contributed by atoms with E-state index in [4.69, 9.17) is 4.74 Å². The second-order valence-electron chi connectivity index (χ2n) is 4.61. The lowest BCUT2D eigenvalue weighted by molar-refractivity contribution is -0.119. The molecule has 0 spiro atoms. The van der Waals surface area contributed by atoms with E-state index in [1.807, 2.05) is 6.07 Å². The molecule has 22 heavy (non-hydrogen) atoms. The van der Waals surface area contributed by atoms with E-state index in [0.717, 1.165) is 4.47 Å². The van der Waals surface area contributed by atoms with Gasteiger partial charge in [-0.15, -0.1) is 0 Å². The van der Waals surface area contributed by atoms with Crippen LogP contribution in [0.5, 0.6) is 5.75 Å². The minimum atomic E-state index is -0.745. The maximum absolute atomic E-state index is 11.9. The average molecular weight is 364 g/mol. The van der Waals surface area contributed by atoms with Crippen LogP contribution in [0.25, 0.3) is 0 Å². The van der Waals surface area contributed by atoms with Crippen molar-refractivity contribution in [2.24, 2.45) is 0 Å². The Hall–Kier alpha value is -2.34. The molecule has 0 aliphatic rings. The normalized spacial score (nSPS) is 10.1. The highest BCUT2D eigenvalue weighted by Crippen LogP contribution is 2.22. The summed E-state index contributed by atoms with van der Waals surface area (Å²) >= 11 is 3.30. The molecule has 0 atom stereocenters. The molecule has 0 saturated heterocycles. The SMILES string of the molecule is Cc1cccc(C(=O)OCC(=O)Nc2cccc(Br)c2)c1O. The standard InChI is InChI=1S/C16H14BrNO4/c1-10-4-2-7-13(15(10)20)16(21)22-9-14(19)18-12-6-3-5-11(17)8-12/h2-8,20H,9H2,1H3,(H,18,19). The van der Waals surface area contributed by atoms with Gasteiger partial charge in [-0.3, -0.25) is 4.79 Å². The van der Waals surface area contributed by atoms with Crippen molar-refractivity contribution < 1.29 is 19.4 Å². The highest BCUT2D eigenvalue weighted by Gasteiger charge is 2.15. The van der Waals surface area contributed by atoms with Gasteiger partial charge < -0.3 is 15.2 Å². The lowest BCUT2D eigenvalue weighted by Gasteiger charge is -2.08. The number of phenolic OH excluding ortho intramolecular Hbond substituents is 1. The van der Waals surface area contributed by atoms with Crippen LogP contribution in [0, 0.1) is 6.92 Å². The Morgan fingerprint density at radius 2 is 1.95 bits per heavy atom. The largest absolute Gasteiger partial charge is 0.507 e. The molecule has 5 nitrogen and oxygen atoms in total. The van der Waals surface area contributed by atoms with Gasteiger partial charge in [-0.05, 0) is 36.8 Å². The summed E-state index contributed by atoms with van der Waals surface area (Å²) in [5.41, 5.74) is 1.19. The second kappa shape index (κ2) is 7.09. The molecule has 0 bridgehead atoms. The summed E-state index contributed by atoms with van der Waals surface area (Å²) in [6.45, 7) is 1.24. The van der Waals surface area contributed by atoms with Crippen molar-refractivity contribution in [3.63, 3.8) is 0 Å². The number of phenols is 1. The van der Waals surface area contributed by atoms with E-state index in [9.17, 15) is 14.7 Å². The third-order valence-corrected chi connectivity index (χ3v) is 3.39. The van der Waals surface area contributed by atoms with Gasteiger partial charge in [0.15, 0.2) is 6.61 Å². The first-order chi connectivity index (χ1) is 10.5. The monoisotopic (exact) mass is 363 g/mol. The molecule has 6 heteroatoms. The van der Waals surface area contributed by atoms with Crippen LogP contribution in [-0.4, -0.2) is 23.6 Å². The zero-order valence-electron chi connectivity index (χ0n) is 11.8. The Morgan fingerprint density at radius 3 is 2.68 bits per heavy atom. The zero-order chi connectivity index (χ0) is 16.1. The van der Waals surface area contributed by atoms with Crippen molar-refractivity contribution in [1.29, 1.82) is 0 Å². The molecule has 0 fully saturated rings. The van der Waals surface area contributed by atoms with Crippen molar-refractivity contribution in [3.05, 3.63) is 58.1 Å². The molecule has 2 aromatic carbocycles. The van der Waals surface area contributed by atoms with Crippen LogP contribution in [0.4, 0.5) is 5.69 Å². The van der Waals surface area contributed by atoms with E-state index < -0.39 is 18.5 Å². The number of ether oxygens (including phenoxy) is 1. The van der Waals surface area contributed by atoms with Crippen LogP contribution in [0.1, 0.15) is 15.9 Å². The fourth-order valence-corrected chi connectivity index (χ4v) is 2.20. The minimum absolute atomic E-state index is 0.0373. The molecule has 2 N–H and O–H groups in total. The molecule has 0 saturated carbocycles. The number of rotatable bonds is 4. The van der Waals surface area contributed by atoms with E-state index >= 15 is 0 Å². The van der Waals surface area contributed by atoms with Crippen molar-refractivity contribution in [1.82, 2.24) is 0 Å². The minimum Gasteiger partial charge on any atom is -0.507 e. The number of amides is 1. The molecule has 0 aliphatic carbocycles. The van der Waals surface area contributed by atoms with Gasteiger partial charge in [0.2, 0.25) is 0 Å². The fourth-order valence-electron chi connectivity index (χ4n) is 1.80. The van der Waals surface area contributed by atoms with Crippen LogP contribution in [-0.2, 0) is 9.53 Å². The van der Waals surface area contributed by atoms with E-state index in [-0.39, 0.29) is 11.3 Å². The average Bonchev–Trinajstić information content (AvgIpc) is 2.47. The van der Waals surface area contributed by atoms with Crippen LogP contribution in [0.15, 0.2) is 46.9 Å². The lowest BCUT2D eigenvalue weighted by Crippen LogP contribution is -2.21.